The number of nitrogen functional groups attached to an aromatic ring is 1. The van der Waals surface area contributed by atoms with Crippen molar-refractivity contribution in [3.05, 3.63) is 29.4 Å². The van der Waals surface area contributed by atoms with Gasteiger partial charge in [-0.1, -0.05) is 0 Å². The predicted octanol–water partition coefficient (Wildman–Crippen LogP) is 2.10. The third-order valence-corrected chi connectivity index (χ3v) is 2.69. The molecule has 0 bridgehead atoms. The Morgan fingerprint density at radius 1 is 1.23 bits per heavy atom. The highest BCUT2D eigenvalue weighted by Crippen LogP contribution is 2.25. The van der Waals surface area contributed by atoms with Crippen LogP contribution in [0.25, 0.3) is 10.6 Å². The van der Waals surface area contributed by atoms with Crippen LogP contribution in [0.1, 0.15) is 4.88 Å². The second kappa shape index (κ2) is 3.14. The van der Waals surface area contributed by atoms with Gasteiger partial charge in [-0.25, -0.2) is 9.97 Å². The zero-order valence-electron chi connectivity index (χ0n) is 7.19. The molecular formula is C9H9N3S. The minimum Gasteiger partial charge on any atom is -0.382 e. The molecule has 0 saturated heterocycles. The second-order valence-corrected chi connectivity index (χ2v) is 4.02. The molecule has 0 radical (unpaired) electrons. The molecule has 0 amide bonds. The first-order chi connectivity index (χ1) is 6.25. The summed E-state index contributed by atoms with van der Waals surface area (Å²) in [5.41, 5.74) is 6.32. The summed E-state index contributed by atoms with van der Waals surface area (Å²) in [6.45, 7) is 2.07. The number of nitrogens with two attached hydrogens (primary N) is 1. The minimum absolute atomic E-state index is 0.456. The van der Waals surface area contributed by atoms with Crippen molar-refractivity contribution >= 4 is 17.2 Å². The third kappa shape index (κ3) is 1.67. The van der Waals surface area contributed by atoms with Crippen molar-refractivity contribution in [1.29, 1.82) is 0 Å². The molecule has 0 saturated carbocycles. The number of aromatic nitrogens is 2. The average Bonchev–Trinajstić information content (AvgIpc) is 2.53. The van der Waals surface area contributed by atoms with E-state index in [9.17, 15) is 0 Å². The van der Waals surface area contributed by atoms with Gasteiger partial charge in [0.1, 0.15) is 5.82 Å². The summed E-state index contributed by atoms with van der Waals surface area (Å²) in [5.74, 6) is 0.456. The van der Waals surface area contributed by atoms with Crippen LogP contribution in [0.3, 0.4) is 0 Å². The topological polar surface area (TPSA) is 51.8 Å². The lowest BCUT2D eigenvalue weighted by Gasteiger charge is -1.95. The van der Waals surface area contributed by atoms with Gasteiger partial charge in [0.15, 0.2) is 0 Å². The lowest BCUT2D eigenvalue weighted by atomic mass is 10.3. The van der Waals surface area contributed by atoms with Crippen LogP contribution in [0.5, 0.6) is 0 Å². The van der Waals surface area contributed by atoms with Gasteiger partial charge in [0, 0.05) is 4.88 Å². The maximum atomic E-state index is 5.44. The zero-order valence-corrected chi connectivity index (χ0v) is 8.01. The Balaban J connectivity index is 2.41. The van der Waals surface area contributed by atoms with Crippen LogP contribution in [-0.2, 0) is 0 Å². The predicted molar refractivity (Wildman–Crippen MR) is 54.5 cm³/mol. The number of hydrogen-bond donors (Lipinski definition) is 1. The molecule has 0 atom stereocenters. The molecule has 0 aliphatic rings. The first kappa shape index (κ1) is 8.19. The molecule has 0 aromatic carbocycles. The van der Waals surface area contributed by atoms with E-state index >= 15 is 0 Å². The van der Waals surface area contributed by atoms with Crippen molar-refractivity contribution in [1.82, 2.24) is 9.97 Å². The van der Waals surface area contributed by atoms with E-state index in [0.29, 0.717) is 5.82 Å². The molecule has 0 aliphatic heterocycles. The molecule has 13 heavy (non-hydrogen) atoms. The molecule has 0 spiro atoms. The first-order valence-corrected chi connectivity index (χ1v) is 4.72. The van der Waals surface area contributed by atoms with Gasteiger partial charge in [0.2, 0.25) is 0 Å². The van der Waals surface area contributed by atoms with Gasteiger partial charge in [-0.3, -0.25) is 0 Å². The molecule has 2 N–H and O–H groups in total. The molecule has 0 aliphatic carbocycles. The van der Waals surface area contributed by atoms with E-state index in [1.54, 1.807) is 23.7 Å². The van der Waals surface area contributed by atoms with Gasteiger partial charge >= 0.3 is 0 Å². The normalized spacial score (nSPS) is 10.2. The molecule has 0 unspecified atom stereocenters. The lowest BCUT2D eigenvalue weighted by molar-refractivity contribution is 1.22. The van der Waals surface area contributed by atoms with E-state index in [2.05, 4.69) is 23.0 Å². The molecule has 66 valence electrons. The number of nitrogens with zero attached hydrogens (tertiary/aromatic N) is 2. The van der Waals surface area contributed by atoms with Crippen LogP contribution in [0.2, 0.25) is 0 Å². The summed E-state index contributed by atoms with van der Waals surface area (Å²) < 4.78 is 0. The summed E-state index contributed by atoms with van der Waals surface area (Å²) in [5, 5.41) is 0. The third-order valence-electron chi connectivity index (χ3n) is 1.66. The molecular weight excluding hydrogens is 182 g/mol. The van der Waals surface area contributed by atoms with Crippen LogP contribution >= 0.6 is 11.3 Å². The summed E-state index contributed by atoms with van der Waals surface area (Å²) in [7, 11) is 0. The Labute approximate surface area is 80.3 Å². The van der Waals surface area contributed by atoms with Gasteiger partial charge in [-0.05, 0) is 19.1 Å². The summed E-state index contributed by atoms with van der Waals surface area (Å²) >= 11 is 1.70. The number of aryl methyl sites for hydroxylation is 1. The summed E-state index contributed by atoms with van der Waals surface area (Å²) in [6, 6.07) is 4.11. The molecule has 0 fully saturated rings. The van der Waals surface area contributed by atoms with Gasteiger partial charge in [0.05, 0.1) is 23.0 Å². The van der Waals surface area contributed by atoms with Crippen molar-refractivity contribution in [2.45, 2.75) is 6.92 Å². The zero-order chi connectivity index (χ0) is 9.26. The fourth-order valence-corrected chi connectivity index (χ4v) is 1.87. The van der Waals surface area contributed by atoms with Gasteiger partial charge in [-0.2, -0.15) is 0 Å². The van der Waals surface area contributed by atoms with Gasteiger partial charge in [-0.15, -0.1) is 11.3 Å². The van der Waals surface area contributed by atoms with Crippen LogP contribution in [0.4, 0.5) is 5.82 Å². The Morgan fingerprint density at radius 3 is 2.62 bits per heavy atom. The maximum absolute atomic E-state index is 5.44. The summed E-state index contributed by atoms with van der Waals surface area (Å²) in [4.78, 5) is 10.6. The highest BCUT2D eigenvalue weighted by molar-refractivity contribution is 7.15. The molecule has 2 aromatic rings. The molecule has 4 heteroatoms. The molecule has 2 aromatic heterocycles. The van der Waals surface area contributed by atoms with Gasteiger partial charge in [0.25, 0.3) is 0 Å². The fraction of sp³-hybridized carbons (Fsp3) is 0.111. The largest absolute Gasteiger partial charge is 0.382 e. The number of anilines is 1. The first-order valence-electron chi connectivity index (χ1n) is 3.90. The van der Waals surface area contributed by atoms with E-state index in [0.717, 1.165) is 10.6 Å². The number of thiophene rings is 1. The van der Waals surface area contributed by atoms with Crippen molar-refractivity contribution in [2.75, 3.05) is 5.73 Å². The monoisotopic (exact) mass is 191 g/mol. The molecule has 2 heterocycles. The van der Waals surface area contributed by atoms with E-state index in [1.807, 2.05) is 6.07 Å². The highest BCUT2D eigenvalue weighted by atomic mass is 32.1. The van der Waals surface area contributed by atoms with Crippen LogP contribution in [0, 0.1) is 6.92 Å². The second-order valence-electron chi connectivity index (χ2n) is 2.74. The van der Waals surface area contributed by atoms with Crippen LogP contribution in [-0.4, -0.2) is 9.97 Å². The van der Waals surface area contributed by atoms with Crippen molar-refractivity contribution < 1.29 is 0 Å². The van der Waals surface area contributed by atoms with Crippen molar-refractivity contribution in [2.24, 2.45) is 0 Å². The van der Waals surface area contributed by atoms with Crippen LogP contribution in [0.15, 0.2) is 24.5 Å². The smallest absolute Gasteiger partial charge is 0.141 e. The number of rotatable bonds is 1. The van der Waals surface area contributed by atoms with Crippen molar-refractivity contribution in [3.8, 4) is 10.6 Å². The average molecular weight is 191 g/mol. The SMILES string of the molecule is Cc1ccc(-c2cnc(N)cn2)s1. The Morgan fingerprint density at radius 2 is 2.08 bits per heavy atom. The van der Waals surface area contributed by atoms with Gasteiger partial charge < -0.3 is 5.73 Å². The lowest BCUT2D eigenvalue weighted by Crippen LogP contribution is -1.91. The van der Waals surface area contributed by atoms with E-state index < -0.39 is 0 Å². The fourth-order valence-electron chi connectivity index (χ4n) is 1.04. The van der Waals surface area contributed by atoms with Crippen molar-refractivity contribution in [3.63, 3.8) is 0 Å². The molecule has 2 rings (SSSR count). The highest BCUT2D eigenvalue weighted by Gasteiger charge is 2.01. The van der Waals surface area contributed by atoms with Crippen LogP contribution < -0.4 is 5.73 Å². The van der Waals surface area contributed by atoms with E-state index in [-0.39, 0.29) is 0 Å². The Kier molecular flexibility index (Phi) is 1.98. The standard InChI is InChI=1S/C9H9N3S/c1-6-2-3-8(13-6)7-4-12-9(10)5-11-7/h2-5H,1H3,(H2,10,12). The Bertz CT molecular complexity index is 405. The molecule has 3 nitrogen and oxygen atoms in total. The quantitative estimate of drug-likeness (QED) is 0.751. The summed E-state index contributed by atoms with van der Waals surface area (Å²) in [6.07, 6.45) is 3.27. The van der Waals surface area contributed by atoms with E-state index in [1.165, 1.54) is 4.88 Å². The maximum Gasteiger partial charge on any atom is 0.141 e. The Hall–Kier alpha value is -1.42. The van der Waals surface area contributed by atoms with E-state index in [4.69, 9.17) is 5.73 Å². The number of hydrogen-bond acceptors (Lipinski definition) is 4. The minimum atomic E-state index is 0.456.